The van der Waals surface area contributed by atoms with Gasteiger partial charge in [0.25, 0.3) is 5.56 Å². The Morgan fingerprint density at radius 3 is 2.45 bits per heavy atom. The highest BCUT2D eigenvalue weighted by Gasteiger charge is 2.39. The van der Waals surface area contributed by atoms with E-state index in [4.69, 9.17) is 23.7 Å². The zero-order chi connectivity index (χ0) is 22.8. The highest BCUT2D eigenvalue weighted by molar-refractivity contribution is 9.11. The second kappa shape index (κ2) is 13.3. The van der Waals surface area contributed by atoms with E-state index in [1.807, 2.05) is 27.7 Å². The van der Waals surface area contributed by atoms with Gasteiger partial charge in [-0.3, -0.25) is 14.3 Å². The zero-order valence-corrected chi connectivity index (χ0v) is 20.1. The zero-order valence-electron chi connectivity index (χ0n) is 18.5. The summed E-state index contributed by atoms with van der Waals surface area (Å²) in [4.78, 5) is 28.3. The molecule has 5 atom stereocenters. The van der Waals surface area contributed by atoms with Gasteiger partial charge in [0.1, 0.15) is 12.3 Å². The highest BCUT2D eigenvalue weighted by atomic mass is 79.9. The third-order valence-electron chi connectivity index (χ3n) is 4.87. The molecule has 1 aliphatic rings. The maximum atomic E-state index is 12.5. The maximum Gasteiger partial charge on any atom is 0.330 e. The van der Waals surface area contributed by atoms with Gasteiger partial charge in [0, 0.05) is 25.8 Å². The van der Waals surface area contributed by atoms with Crippen molar-refractivity contribution in [2.75, 3.05) is 19.8 Å². The first-order chi connectivity index (χ1) is 15.0. The van der Waals surface area contributed by atoms with Crippen molar-refractivity contribution in [1.82, 2.24) is 9.55 Å². The molecule has 1 aliphatic heterocycles. The summed E-state index contributed by atoms with van der Waals surface area (Å²) >= 11 is 3.15. The maximum absolute atomic E-state index is 12.5. The summed E-state index contributed by atoms with van der Waals surface area (Å²) < 4.78 is 30.8. The predicted molar refractivity (Wildman–Crippen MR) is 120 cm³/mol. The van der Waals surface area contributed by atoms with Crippen LogP contribution in [0.25, 0.3) is 6.08 Å². The molecule has 1 fully saturated rings. The summed E-state index contributed by atoms with van der Waals surface area (Å²) in [6.07, 6.45) is 2.72. The Kier molecular flexibility index (Phi) is 11.1. The number of ether oxygens (including phenoxy) is 5. The van der Waals surface area contributed by atoms with Crippen LogP contribution in [0.15, 0.2) is 20.8 Å². The molecule has 2 heterocycles. The van der Waals surface area contributed by atoms with Crippen LogP contribution in [0.2, 0.25) is 0 Å². The molecule has 0 radical (unpaired) electrons. The van der Waals surface area contributed by atoms with Crippen LogP contribution in [0.1, 0.15) is 58.7 Å². The molecule has 0 saturated carbocycles. The molecule has 9 nitrogen and oxygen atoms in total. The lowest BCUT2D eigenvalue weighted by Crippen LogP contribution is -2.35. The predicted octanol–water partition coefficient (Wildman–Crippen LogP) is 3.14. The van der Waals surface area contributed by atoms with Crippen LogP contribution in [0.5, 0.6) is 0 Å². The van der Waals surface area contributed by atoms with Crippen LogP contribution in [-0.4, -0.2) is 54.2 Å². The Morgan fingerprint density at radius 2 is 1.84 bits per heavy atom. The van der Waals surface area contributed by atoms with Gasteiger partial charge < -0.3 is 23.7 Å². The Balaban J connectivity index is 2.24. The largest absolute Gasteiger partial charge is 0.353 e. The number of aromatic amines is 1. The lowest BCUT2D eigenvalue weighted by molar-refractivity contribution is -0.202. The average Bonchev–Trinajstić information content (AvgIpc) is 3.15. The van der Waals surface area contributed by atoms with Gasteiger partial charge in [-0.25, -0.2) is 4.79 Å². The van der Waals surface area contributed by atoms with Crippen LogP contribution >= 0.6 is 15.9 Å². The van der Waals surface area contributed by atoms with Crippen molar-refractivity contribution in [3.05, 3.63) is 37.6 Å². The van der Waals surface area contributed by atoms with E-state index >= 15 is 0 Å². The monoisotopic (exact) mass is 504 g/mol. The fourth-order valence-electron chi connectivity index (χ4n) is 3.37. The van der Waals surface area contributed by atoms with Gasteiger partial charge in [-0.1, -0.05) is 29.8 Å². The number of nitrogens with zero attached hydrogens (tertiary/aromatic N) is 1. The van der Waals surface area contributed by atoms with Crippen molar-refractivity contribution in [1.29, 1.82) is 0 Å². The van der Waals surface area contributed by atoms with Crippen LogP contribution in [0.4, 0.5) is 0 Å². The van der Waals surface area contributed by atoms with Crippen molar-refractivity contribution in [2.45, 2.75) is 78.0 Å². The van der Waals surface area contributed by atoms with Crippen molar-refractivity contribution < 1.29 is 23.7 Å². The first-order valence-electron chi connectivity index (χ1n) is 10.7. The second-order valence-electron chi connectivity index (χ2n) is 7.00. The van der Waals surface area contributed by atoms with Crippen LogP contribution < -0.4 is 11.2 Å². The van der Waals surface area contributed by atoms with E-state index in [0.717, 1.165) is 0 Å². The van der Waals surface area contributed by atoms with E-state index in [0.29, 0.717) is 38.0 Å². The van der Waals surface area contributed by atoms with Gasteiger partial charge in [-0.15, -0.1) is 0 Å². The van der Waals surface area contributed by atoms with Crippen LogP contribution in [0.3, 0.4) is 0 Å². The van der Waals surface area contributed by atoms with Crippen molar-refractivity contribution in [2.24, 2.45) is 0 Å². The molecule has 31 heavy (non-hydrogen) atoms. The van der Waals surface area contributed by atoms with E-state index in [-0.39, 0.29) is 25.3 Å². The van der Waals surface area contributed by atoms with Crippen molar-refractivity contribution in [3.8, 4) is 0 Å². The lowest BCUT2D eigenvalue weighted by atomic mass is 10.2. The fraction of sp³-hybridized carbons (Fsp3) is 0.714. The number of aromatic nitrogens is 2. The molecule has 1 saturated heterocycles. The summed E-state index contributed by atoms with van der Waals surface area (Å²) in [5.74, 6) is 0. The molecule has 176 valence electrons. The van der Waals surface area contributed by atoms with Gasteiger partial charge in [0.2, 0.25) is 0 Å². The Morgan fingerprint density at radius 1 is 1.16 bits per heavy atom. The average molecular weight is 505 g/mol. The smallest absolute Gasteiger partial charge is 0.330 e. The van der Waals surface area contributed by atoms with Gasteiger partial charge in [-0.05, 0) is 37.8 Å². The summed E-state index contributed by atoms with van der Waals surface area (Å²) in [5.41, 5.74) is -0.674. The molecule has 0 aromatic carbocycles. The number of H-pyrrole nitrogens is 1. The van der Waals surface area contributed by atoms with Crippen LogP contribution in [-0.2, 0) is 23.7 Å². The first kappa shape index (κ1) is 26.0. The van der Waals surface area contributed by atoms with Gasteiger partial charge >= 0.3 is 5.69 Å². The molecule has 2 rings (SSSR count). The molecule has 0 spiro atoms. The molecular formula is C21H33BrN2O7. The van der Waals surface area contributed by atoms with Gasteiger partial charge in [-0.2, -0.15) is 0 Å². The minimum Gasteiger partial charge on any atom is -0.353 e. The molecule has 1 N–H and O–H groups in total. The number of rotatable bonds is 13. The Bertz CT molecular complexity index is 810. The van der Waals surface area contributed by atoms with Crippen LogP contribution in [0, 0.1) is 0 Å². The number of hydrogen-bond acceptors (Lipinski definition) is 7. The number of halogens is 1. The Hall–Kier alpha value is -1.30. The highest BCUT2D eigenvalue weighted by Crippen LogP contribution is 2.32. The van der Waals surface area contributed by atoms with E-state index in [9.17, 15) is 9.59 Å². The molecule has 2 unspecified atom stereocenters. The van der Waals surface area contributed by atoms with E-state index < -0.39 is 23.6 Å². The van der Waals surface area contributed by atoms with Crippen molar-refractivity contribution in [3.63, 3.8) is 0 Å². The SMILES string of the molecule is CCOC(CC)OC[C@H]1O[C@@H](n2cc(/C=C/Br)c(=O)[nH]c2=O)C[C@@H]1OC(CC)OCC. The summed E-state index contributed by atoms with van der Waals surface area (Å²) in [6.45, 7) is 9.10. The molecule has 0 bridgehead atoms. The Labute approximate surface area is 190 Å². The minimum atomic E-state index is -0.614. The summed E-state index contributed by atoms with van der Waals surface area (Å²) in [6, 6.07) is 0. The van der Waals surface area contributed by atoms with Gasteiger partial charge in [0.15, 0.2) is 12.6 Å². The van der Waals surface area contributed by atoms with E-state index in [2.05, 4.69) is 20.9 Å². The summed E-state index contributed by atoms with van der Waals surface area (Å²) in [5, 5.41) is 0. The molecule has 10 heteroatoms. The lowest BCUT2D eigenvalue weighted by Gasteiger charge is -2.25. The van der Waals surface area contributed by atoms with Gasteiger partial charge in [0.05, 0.1) is 18.3 Å². The number of hydrogen-bond donors (Lipinski definition) is 1. The number of nitrogens with one attached hydrogen (secondary N) is 1. The van der Waals surface area contributed by atoms with E-state index in [1.165, 1.54) is 10.8 Å². The third-order valence-corrected chi connectivity index (χ3v) is 5.14. The first-order valence-corrected chi connectivity index (χ1v) is 11.7. The molecule has 0 aliphatic carbocycles. The molecule has 0 amide bonds. The topological polar surface area (TPSA) is 101 Å². The van der Waals surface area contributed by atoms with E-state index in [1.54, 1.807) is 11.1 Å². The normalized spacial score (nSPS) is 23.5. The molecule has 1 aromatic heterocycles. The third kappa shape index (κ3) is 7.37. The standard InChI is InChI=1S/C21H33BrN2O7/c1-5-18(27-7-3)29-13-16-15(31-19(6-2)28-8-4)11-17(30-16)24-12-14(9-10-22)20(25)23-21(24)26/h9-10,12,15-19H,5-8,11,13H2,1-4H3,(H,23,25,26)/b10-9+/t15-,16+,17+,18?,19?/m0/s1. The fourth-order valence-corrected chi connectivity index (χ4v) is 3.66. The van der Waals surface area contributed by atoms with Crippen molar-refractivity contribution >= 4 is 22.0 Å². The minimum absolute atomic E-state index is 0.245. The summed E-state index contributed by atoms with van der Waals surface area (Å²) in [7, 11) is 0. The molecule has 1 aromatic rings. The second-order valence-corrected chi connectivity index (χ2v) is 7.53. The quantitative estimate of drug-likeness (QED) is 0.411. The molecular weight excluding hydrogens is 472 g/mol.